The topological polar surface area (TPSA) is 61.5 Å². The lowest BCUT2D eigenvalue weighted by molar-refractivity contribution is -0.142. The molecule has 4 heteroatoms. The van der Waals surface area contributed by atoms with E-state index >= 15 is 0 Å². The third-order valence-corrected chi connectivity index (χ3v) is 2.88. The molecule has 0 fully saturated rings. The molecule has 0 aromatic heterocycles. The third kappa shape index (κ3) is 3.47. The number of carbonyl (C=O) groups excluding carboxylic acids is 1. The van der Waals surface area contributed by atoms with Crippen LogP contribution >= 0.6 is 0 Å². The maximum atomic E-state index is 11.3. The van der Waals surface area contributed by atoms with Crippen LogP contribution in [0.2, 0.25) is 0 Å². The Balaban J connectivity index is 2.91. The molecule has 1 atom stereocenters. The number of nitrogens with two attached hydrogens (primary N) is 1. The van der Waals surface area contributed by atoms with Gasteiger partial charge in [0.1, 0.15) is 11.8 Å². The molecule has 100 valence electrons. The van der Waals surface area contributed by atoms with Crippen molar-refractivity contribution in [1.29, 1.82) is 0 Å². The van der Waals surface area contributed by atoms with E-state index in [4.69, 9.17) is 10.5 Å². The van der Waals surface area contributed by atoms with Crippen molar-refractivity contribution < 1.29 is 14.3 Å². The van der Waals surface area contributed by atoms with E-state index in [2.05, 4.69) is 18.6 Å². The van der Waals surface area contributed by atoms with Gasteiger partial charge in [-0.15, -0.1) is 0 Å². The van der Waals surface area contributed by atoms with Crippen molar-refractivity contribution in [3.63, 3.8) is 0 Å². The summed E-state index contributed by atoms with van der Waals surface area (Å²) in [7, 11) is 3.00. The van der Waals surface area contributed by atoms with Crippen LogP contribution in [0, 0.1) is 0 Å². The highest BCUT2D eigenvalue weighted by atomic mass is 16.5. The molecule has 0 aliphatic heterocycles. The van der Waals surface area contributed by atoms with Crippen LogP contribution in [0.4, 0.5) is 0 Å². The Hall–Kier alpha value is -1.55. The number of hydrogen-bond acceptors (Lipinski definition) is 4. The average molecular weight is 251 g/mol. The van der Waals surface area contributed by atoms with E-state index in [9.17, 15) is 4.79 Å². The zero-order valence-corrected chi connectivity index (χ0v) is 11.4. The number of methoxy groups -OCH3 is 2. The molecule has 1 rings (SSSR count). The van der Waals surface area contributed by atoms with Crippen molar-refractivity contribution in [2.75, 3.05) is 14.2 Å². The number of rotatable bonds is 5. The first kappa shape index (κ1) is 14.5. The van der Waals surface area contributed by atoms with E-state index in [1.54, 1.807) is 7.11 Å². The minimum absolute atomic E-state index is 0.356. The van der Waals surface area contributed by atoms with Crippen molar-refractivity contribution in [2.24, 2.45) is 5.73 Å². The number of ether oxygens (including phenoxy) is 2. The van der Waals surface area contributed by atoms with Crippen molar-refractivity contribution >= 4 is 5.97 Å². The second-order valence-corrected chi connectivity index (χ2v) is 4.56. The van der Waals surface area contributed by atoms with Crippen LogP contribution in [0.15, 0.2) is 18.2 Å². The molecule has 0 aliphatic rings. The molecule has 1 aromatic rings. The molecule has 1 unspecified atom stereocenters. The maximum Gasteiger partial charge on any atom is 0.322 e. The zero-order chi connectivity index (χ0) is 13.7. The van der Waals surface area contributed by atoms with Gasteiger partial charge in [0.05, 0.1) is 14.2 Å². The van der Waals surface area contributed by atoms with Gasteiger partial charge >= 0.3 is 5.97 Å². The summed E-state index contributed by atoms with van der Waals surface area (Å²) in [6, 6.07) is 5.25. The summed E-state index contributed by atoms with van der Waals surface area (Å²) in [6.07, 6.45) is 0.469. The number of esters is 1. The molecule has 0 spiro atoms. The Morgan fingerprint density at radius 1 is 1.33 bits per heavy atom. The summed E-state index contributed by atoms with van der Waals surface area (Å²) >= 11 is 0. The van der Waals surface area contributed by atoms with E-state index in [1.165, 1.54) is 7.11 Å². The van der Waals surface area contributed by atoms with Gasteiger partial charge in [-0.25, -0.2) is 0 Å². The second-order valence-electron chi connectivity index (χ2n) is 4.56. The van der Waals surface area contributed by atoms with Crippen LogP contribution in [0.5, 0.6) is 5.75 Å². The van der Waals surface area contributed by atoms with Crippen LogP contribution in [-0.2, 0) is 16.0 Å². The summed E-state index contributed by atoms with van der Waals surface area (Å²) in [5.74, 6) is 0.826. The minimum atomic E-state index is -0.622. The Kier molecular flexibility index (Phi) is 5.16. The lowest BCUT2D eigenvalue weighted by atomic mass is 9.97. The predicted molar refractivity (Wildman–Crippen MR) is 70.8 cm³/mol. The molecule has 2 N–H and O–H groups in total. The van der Waals surface area contributed by atoms with Crippen molar-refractivity contribution in [2.45, 2.75) is 32.2 Å². The van der Waals surface area contributed by atoms with Gasteiger partial charge in [-0.05, 0) is 29.5 Å². The Morgan fingerprint density at radius 3 is 2.50 bits per heavy atom. The van der Waals surface area contributed by atoms with Gasteiger partial charge < -0.3 is 15.2 Å². The summed E-state index contributed by atoms with van der Waals surface area (Å²) in [5, 5.41) is 0. The second kappa shape index (κ2) is 6.40. The van der Waals surface area contributed by atoms with Crippen LogP contribution in [0.1, 0.15) is 30.9 Å². The summed E-state index contributed by atoms with van der Waals surface area (Å²) < 4.78 is 9.93. The fraction of sp³-hybridized carbons (Fsp3) is 0.500. The Labute approximate surface area is 108 Å². The average Bonchev–Trinajstić information content (AvgIpc) is 2.37. The highest BCUT2D eigenvalue weighted by Crippen LogP contribution is 2.27. The standard InChI is InChI=1S/C14H21NO3/c1-9(2)11-7-10(5-6-13(11)17-3)8-12(15)14(16)18-4/h5-7,9,12H,8,15H2,1-4H3. The molecule has 1 aromatic carbocycles. The largest absolute Gasteiger partial charge is 0.496 e. The van der Waals surface area contributed by atoms with Gasteiger partial charge in [-0.2, -0.15) is 0 Å². The van der Waals surface area contributed by atoms with Gasteiger partial charge in [-0.3, -0.25) is 4.79 Å². The maximum absolute atomic E-state index is 11.3. The normalized spacial score (nSPS) is 12.3. The molecule has 4 nitrogen and oxygen atoms in total. The molecule has 0 saturated heterocycles. The van der Waals surface area contributed by atoms with Crippen LogP contribution < -0.4 is 10.5 Å². The van der Waals surface area contributed by atoms with Gasteiger partial charge in [-0.1, -0.05) is 26.0 Å². The van der Waals surface area contributed by atoms with Gasteiger partial charge in [0.25, 0.3) is 0 Å². The quantitative estimate of drug-likeness (QED) is 0.811. The van der Waals surface area contributed by atoms with E-state index in [-0.39, 0.29) is 0 Å². The molecule has 0 radical (unpaired) electrons. The number of benzene rings is 1. The van der Waals surface area contributed by atoms with E-state index < -0.39 is 12.0 Å². The molecule has 0 aliphatic carbocycles. The minimum Gasteiger partial charge on any atom is -0.496 e. The molecule has 0 bridgehead atoms. The number of carbonyl (C=O) groups is 1. The highest BCUT2D eigenvalue weighted by Gasteiger charge is 2.16. The van der Waals surface area contributed by atoms with Gasteiger partial charge in [0, 0.05) is 0 Å². The smallest absolute Gasteiger partial charge is 0.322 e. The van der Waals surface area contributed by atoms with Crippen LogP contribution in [0.25, 0.3) is 0 Å². The van der Waals surface area contributed by atoms with Crippen molar-refractivity contribution in [1.82, 2.24) is 0 Å². The first-order valence-corrected chi connectivity index (χ1v) is 5.99. The molecule has 0 saturated carbocycles. The van der Waals surface area contributed by atoms with Crippen molar-refractivity contribution in [3.05, 3.63) is 29.3 Å². The predicted octanol–water partition coefficient (Wildman–Crippen LogP) is 1.86. The lowest BCUT2D eigenvalue weighted by Gasteiger charge is -2.15. The molecular formula is C14H21NO3. The Bertz CT molecular complexity index is 416. The number of hydrogen-bond donors (Lipinski definition) is 1. The summed E-state index contributed by atoms with van der Waals surface area (Å²) in [5.41, 5.74) is 7.88. The van der Waals surface area contributed by atoms with Gasteiger partial charge in [0.15, 0.2) is 0 Å². The third-order valence-electron chi connectivity index (χ3n) is 2.88. The monoisotopic (exact) mass is 251 g/mol. The summed E-state index contributed by atoms with van der Waals surface area (Å²) in [4.78, 5) is 11.3. The Morgan fingerprint density at radius 2 is 2.00 bits per heavy atom. The van der Waals surface area contributed by atoms with Crippen LogP contribution in [0.3, 0.4) is 0 Å². The molecule has 18 heavy (non-hydrogen) atoms. The SMILES string of the molecule is COC(=O)C(N)Cc1ccc(OC)c(C(C)C)c1. The van der Waals surface area contributed by atoms with E-state index in [0.29, 0.717) is 12.3 Å². The lowest BCUT2D eigenvalue weighted by Crippen LogP contribution is -2.33. The molecular weight excluding hydrogens is 230 g/mol. The van der Waals surface area contributed by atoms with Crippen molar-refractivity contribution in [3.8, 4) is 5.75 Å². The first-order valence-electron chi connectivity index (χ1n) is 5.99. The molecule has 0 heterocycles. The van der Waals surface area contributed by atoms with Crippen LogP contribution in [-0.4, -0.2) is 26.2 Å². The zero-order valence-electron chi connectivity index (χ0n) is 11.4. The van der Waals surface area contributed by atoms with E-state index in [1.807, 2.05) is 18.2 Å². The fourth-order valence-corrected chi connectivity index (χ4v) is 1.85. The highest BCUT2D eigenvalue weighted by molar-refractivity contribution is 5.75. The summed E-state index contributed by atoms with van der Waals surface area (Å²) in [6.45, 7) is 4.20. The molecule has 0 amide bonds. The van der Waals surface area contributed by atoms with E-state index in [0.717, 1.165) is 16.9 Å². The first-order chi connectivity index (χ1) is 8.49. The fourth-order valence-electron chi connectivity index (χ4n) is 1.85. The van der Waals surface area contributed by atoms with Gasteiger partial charge in [0.2, 0.25) is 0 Å².